The lowest BCUT2D eigenvalue weighted by Crippen LogP contribution is -2.04. The zero-order chi connectivity index (χ0) is 12.5. The molecule has 0 radical (unpaired) electrons. The van der Waals surface area contributed by atoms with Crippen molar-refractivity contribution in [3.05, 3.63) is 54.2 Å². The Morgan fingerprint density at radius 2 is 1.94 bits per heavy atom. The molecule has 0 fully saturated rings. The summed E-state index contributed by atoms with van der Waals surface area (Å²) >= 11 is 0. The van der Waals surface area contributed by atoms with Crippen molar-refractivity contribution < 1.29 is 0 Å². The number of aromatic nitrogens is 3. The number of imidazole rings is 1. The number of nitrogens with zero attached hydrogens (tertiary/aromatic N) is 3. The van der Waals surface area contributed by atoms with Crippen LogP contribution in [-0.4, -0.2) is 14.5 Å². The second-order valence-electron chi connectivity index (χ2n) is 4.20. The van der Waals surface area contributed by atoms with Crippen molar-refractivity contribution in [2.24, 2.45) is 5.73 Å². The second-order valence-corrected chi connectivity index (χ2v) is 4.20. The Bertz CT molecular complexity index is 700. The van der Waals surface area contributed by atoms with Crippen molar-refractivity contribution in [1.82, 2.24) is 14.5 Å². The summed E-state index contributed by atoms with van der Waals surface area (Å²) in [7, 11) is 0. The van der Waals surface area contributed by atoms with Gasteiger partial charge in [0.2, 0.25) is 0 Å². The number of benzene rings is 1. The first-order chi connectivity index (χ1) is 8.81. The van der Waals surface area contributed by atoms with E-state index in [0.29, 0.717) is 6.54 Å². The van der Waals surface area contributed by atoms with E-state index in [4.69, 9.17) is 5.73 Å². The molecule has 0 aliphatic heterocycles. The molecule has 0 unspecified atom stereocenters. The van der Waals surface area contributed by atoms with Crippen LogP contribution in [0.2, 0.25) is 0 Å². The van der Waals surface area contributed by atoms with Crippen molar-refractivity contribution in [2.75, 3.05) is 0 Å². The average molecular weight is 238 g/mol. The minimum Gasteiger partial charge on any atom is -0.326 e. The van der Waals surface area contributed by atoms with E-state index in [1.807, 2.05) is 36.0 Å². The predicted molar refractivity (Wildman–Crippen MR) is 71.5 cm³/mol. The number of hydrogen-bond acceptors (Lipinski definition) is 3. The van der Waals surface area contributed by atoms with Crippen LogP contribution in [0.5, 0.6) is 0 Å². The fraction of sp³-hybridized carbons (Fsp3) is 0.143. The molecule has 2 N–H and O–H groups in total. The van der Waals surface area contributed by atoms with Gasteiger partial charge in [-0.1, -0.05) is 24.3 Å². The number of pyridine rings is 1. The third-order valence-electron chi connectivity index (χ3n) is 3.13. The summed E-state index contributed by atoms with van der Waals surface area (Å²) in [5.74, 6) is 1.82. The Hall–Kier alpha value is -2.20. The van der Waals surface area contributed by atoms with Crippen LogP contribution in [0.1, 0.15) is 11.4 Å². The molecular weight excluding hydrogens is 224 g/mol. The zero-order valence-corrected chi connectivity index (χ0v) is 10.2. The Morgan fingerprint density at radius 3 is 2.61 bits per heavy atom. The maximum absolute atomic E-state index is 5.76. The summed E-state index contributed by atoms with van der Waals surface area (Å²) < 4.78 is 1.99. The third kappa shape index (κ3) is 1.58. The number of aryl methyl sites for hydroxylation is 1. The van der Waals surface area contributed by atoms with Crippen LogP contribution in [0.4, 0.5) is 0 Å². The van der Waals surface area contributed by atoms with E-state index in [1.54, 1.807) is 6.20 Å². The standard InChI is InChI=1S/C14H14N4/c1-10-16-6-7-18(10)14-13-5-3-2-4-12(13)11(8-15)9-17-14/h2-7,9H,8,15H2,1H3. The summed E-state index contributed by atoms with van der Waals surface area (Å²) in [6.07, 6.45) is 5.55. The molecule has 0 aliphatic carbocycles. The Kier molecular flexibility index (Phi) is 2.57. The molecule has 1 aromatic carbocycles. The van der Waals surface area contributed by atoms with Gasteiger partial charge in [0.25, 0.3) is 0 Å². The van der Waals surface area contributed by atoms with Crippen LogP contribution >= 0.6 is 0 Å². The monoisotopic (exact) mass is 238 g/mol. The van der Waals surface area contributed by atoms with Gasteiger partial charge < -0.3 is 5.73 Å². The molecule has 0 saturated heterocycles. The smallest absolute Gasteiger partial charge is 0.145 e. The Morgan fingerprint density at radius 1 is 1.17 bits per heavy atom. The molecule has 4 nitrogen and oxygen atoms in total. The first-order valence-corrected chi connectivity index (χ1v) is 5.88. The molecule has 0 saturated carbocycles. The highest BCUT2D eigenvalue weighted by Crippen LogP contribution is 2.23. The lowest BCUT2D eigenvalue weighted by Gasteiger charge is -2.10. The molecule has 0 atom stereocenters. The largest absolute Gasteiger partial charge is 0.326 e. The number of rotatable bonds is 2. The van der Waals surface area contributed by atoms with E-state index in [-0.39, 0.29) is 0 Å². The molecule has 0 spiro atoms. The fourth-order valence-electron chi connectivity index (χ4n) is 2.19. The Labute approximate surface area is 105 Å². The van der Waals surface area contributed by atoms with Crippen LogP contribution in [0.25, 0.3) is 16.6 Å². The normalized spacial score (nSPS) is 11.0. The third-order valence-corrected chi connectivity index (χ3v) is 3.13. The topological polar surface area (TPSA) is 56.7 Å². The molecule has 4 heteroatoms. The minimum atomic E-state index is 0.497. The van der Waals surface area contributed by atoms with Crippen molar-refractivity contribution in [1.29, 1.82) is 0 Å². The quantitative estimate of drug-likeness (QED) is 0.744. The van der Waals surface area contributed by atoms with Gasteiger partial charge in [0, 0.05) is 30.5 Å². The van der Waals surface area contributed by atoms with Crippen LogP contribution in [0.3, 0.4) is 0 Å². The molecule has 3 aromatic rings. The molecule has 3 rings (SSSR count). The molecule has 2 aromatic heterocycles. The number of fused-ring (bicyclic) bond motifs is 1. The molecule has 2 heterocycles. The van der Waals surface area contributed by atoms with Gasteiger partial charge in [0.1, 0.15) is 11.6 Å². The zero-order valence-electron chi connectivity index (χ0n) is 10.2. The van der Waals surface area contributed by atoms with Gasteiger partial charge in [-0.3, -0.25) is 4.57 Å². The molecular formula is C14H14N4. The Balaban J connectivity index is 2.35. The van der Waals surface area contributed by atoms with Gasteiger partial charge in [-0.05, 0) is 17.9 Å². The maximum atomic E-state index is 5.76. The van der Waals surface area contributed by atoms with Crippen molar-refractivity contribution >= 4 is 10.8 Å². The summed E-state index contributed by atoms with van der Waals surface area (Å²) in [5.41, 5.74) is 6.82. The van der Waals surface area contributed by atoms with Gasteiger partial charge in [-0.25, -0.2) is 9.97 Å². The van der Waals surface area contributed by atoms with E-state index < -0.39 is 0 Å². The first kappa shape index (κ1) is 10.9. The lowest BCUT2D eigenvalue weighted by molar-refractivity contribution is 0.936. The molecule has 0 amide bonds. The summed E-state index contributed by atoms with van der Waals surface area (Å²) in [6, 6.07) is 8.18. The van der Waals surface area contributed by atoms with E-state index in [1.165, 1.54) is 0 Å². The average Bonchev–Trinajstić information content (AvgIpc) is 2.83. The number of nitrogens with two attached hydrogens (primary N) is 1. The van der Waals surface area contributed by atoms with Gasteiger partial charge in [-0.2, -0.15) is 0 Å². The van der Waals surface area contributed by atoms with E-state index in [9.17, 15) is 0 Å². The molecule has 90 valence electrons. The fourth-order valence-corrected chi connectivity index (χ4v) is 2.19. The van der Waals surface area contributed by atoms with Crippen LogP contribution in [-0.2, 0) is 6.54 Å². The van der Waals surface area contributed by atoms with Gasteiger partial charge in [0.15, 0.2) is 0 Å². The highest BCUT2D eigenvalue weighted by molar-refractivity contribution is 5.91. The first-order valence-electron chi connectivity index (χ1n) is 5.88. The van der Waals surface area contributed by atoms with E-state index in [0.717, 1.165) is 28.0 Å². The predicted octanol–water partition coefficient (Wildman–Crippen LogP) is 2.19. The molecule has 0 aliphatic rings. The molecule has 18 heavy (non-hydrogen) atoms. The maximum Gasteiger partial charge on any atom is 0.145 e. The van der Waals surface area contributed by atoms with E-state index >= 15 is 0 Å². The summed E-state index contributed by atoms with van der Waals surface area (Å²) in [4.78, 5) is 8.76. The molecule has 0 bridgehead atoms. The lowest BCUT2D eigenvalue weighted by atomic mass is 10.1. The van der Waals surface area contributed by atoms with Crippen LogP contribution in [0.15, 0.2) is 42.9 Å². The van der Waals surface area contributed by atoms with Crippen molar-refractivity contribution in [3.63, 3.8) is 0 Å². The van der Waals surface area contributed by atoms with Crippen molar-refractivity contribution in [2.45, 2.75) is 13.5 Å². The SMILES string of the molecule is Cc1nccn1-c1ncc(CN)c2ccccc12. The van der Waals surface area contributed by atoms with Crippen molar-refractivity contribution in [3.8, 4) is 5.82 Å². The number of hydrogen-bond donors (Lipinski definition) is 1. The van der Waals surface area contributed by atoms with Gasteiger partial charge >= 0.3 is 0 Å². The van der Waals surface area contributed by atoms with Crippen LogP contribution in [0, 0.1) is 6.92 Å². The van der Waals surface area contributed by atoms with Gasteiger partial charge in [0.05, 0.1) is 0 Å². The highest BCUT2D eigenvalue weighted by atomic mass is 15.1. The summed E-state index contributed by atoms with van der Waals surface area (Å²) in [5, 5.41) is 2.25. The second kappa shape index (κ2) is 4.23. The minimum absolute atomic E-state index is 0.497. The summed E-state index contributed by atoms with van der Waals surface area (Å²) in [6.45, 7) is 2.46. The highest BCUT2D eigenvalue weighted by Gasteiger charge is 2.09. The van der Waals surface area contributed by atoms with Crippen LogP contribution < -0.4 is 5.73 Å². The van der Waals surface area contributed by atoms with E-state index in [2.05, 4.69) is 22.1 Å². The van der Waals surface area contributed by atoms with Gasteiger partial charge in [-0.15, -0.1) is 0 Å².